The van der Waals surface area contributed by atoms with Crippen molar-refractivity contribution >= 4 is 26.1 Å². The van der Waals surface area contributed by atoms with Crippen LogP contribution >= 0.6 is 0 Å². The molecule has 10 nitrogen and oxygen atoms in total. The zero-order valence-corrected chi connectivity index (χ0v) is 20.3. The van der Waals surface area contributed by atoms with Crippen LogP contribution < -0.4 is 11.1 Å². The highest BCUT2D eigenvalue weighted by Gasteiger charge is 2.26. The molecule has 12 heteroatoms. The number of alkyl carbamates (subject to hydrolysis) is 1. The molecule has 0 unspecified atom stereocenters. The quantitative estimate of drug-likeness (QED) is 0.619. The van der Waals surface area contributed by atoms with Gasteiger partial charge in [-0.25, -0.2) is 30.2 Å². The van der Waals surface area contributed by atoms with E-state index >= 15 is 0 Å². The van der Waals surface area contributed by atoms with Gasteiger partial charge < -0.3 is 15.8 Å². The molecule has 3 rings (SSSR count). The smallest absolute Gasteiger partial charge is 0.407 e. The third-order valence-corrected chi connectivity index (χ3v) is 8.03. The van der Waals surface area contributed by atoms with Gasteiger partial charge in [0.1, 0.15) is 6.61 Å². The average molecular weight is 491 g/mol. The summed E-state index contributed by atoms with van der Waals surface area (Å²) in [7, 11) is -6.11. The van der Waals surface area contributed by atoms with E-state index in [9.17, 15) is 21.6 Å². The van der Waals surface area contributed by atoms with E-state index in [2.05, 4.69) is 5.32 Å². The first kappa shape index (κ1) is 26.5. The summed E-state index contributed by atoms with van der Waals surface area (Å²) in [6, 6.07) is 9.60. The lowest BCUT2D eigenvalue weighted by molar-refractivity contribution is 0.131. The van der Waals surface area contributed by atoms with Gasteiger partial charge in [-0.15, -0.1) is 0 Å². The number of amides is 1. The molecular weight excluding hydrogens is 456 g/mol. The molecule has 182 valence electrons. The van der Waals surface area contributed by atoms with Gasteiger partial charge in [0.2, 0.25) is 20.0 Å². The molecule has 32 heavy (non-hydrogen) atoms. The van der Waals surface area contributed by atoms with Gasteiger partial charge in [-0.3, -0.25) is 0 Å². The van der Waals surface area contributed by atoms with Gasteiger partial charge in [-0.1, -0.05) is 30.3 Å². The van der Waals surface area contributed by atoms with Crippen molar-refractivity contribution in [2.75, 3.05) is 38.7 Å². The predicted molar refractivity (Wildman–Crippen MR) is 123 cm³/mol. The van der Waals surface area contributed by atoms with E-state index in [0.29, 0.717) is 39.0 Å². The Morgan fingerprint density at radius 2 is 1.41 bits per heavy atom. The number of nitrogens with two attached hydrogens (primary N) is 1. The van der Waals surface area contributed by atoms with Crippen molar-refractivity contribution in [2.45, 2.75) is 44.4 Å². The number of nitrogens with zero attached hydrogens (tertiary/aromatic N) is 2. The summed E-state index contributed by atoms with van der Waals surface area (Å²) in [5.41, 5.74) is 6.55. The molecule has 0 bridgehead atoms. The molecule has 2 saturated heterocycles. The Morgan fingerprint density at radius 1 is 0.938 bits per heavy atom. The molecule has 1 aromatic carbocycles. The van der Waals surface area contributed by atoms with Crippen molar-refractivity contribution in [2.24, 2.45) is 5.73 Å². The average Bonchev–Trinajstić information content (AvgIpc) is 2.73. The monoisotopic (exact) mass is 490 g/mol. The summed E-state index contributed by atoms with van der Waals surface area (Å²) in [5, 5.41) is 2.78. The Balaban J connectivity index is 0.000000278. The van der Waals surface area contributed by atoms with Crippen LogP contribution in [0.2, 0.25) is 0 Å². The Morgan fingerprint density at radius 3 is 1.88 bits per heavy atom. The van der Waals surface area contributed by atoms with Crippen LogP contribution in [0.3, 0.4) is 0 Å². The predicted octanol–water partition coefficient (Wildman–Crippen LogP) is 0.706. The number of carbonyl (C=O) groups excluding carboxylic acids is 1. The summed E-state index contributed by atoms with van der Waals surface area (Å²) in [6.45, 7) is 2.26. The van der Waals surface area contributed by atoms with Gasteiger partial charge >= 0.3 is 6.09 Å². The van der Waals surface area contributed by atoms with E-state index < -0.39 is 26.1 Å². The molecule has 0 saturated carbocycles. The van der Waals surface area contributed by atoms with Crippen LogP contribution in [0.4, 0.5) is 4.79 Å². The molecule has 1 aromatic rings. The Kier molecular flexibility index (Phi) is 9.89. The second-order valence-corrected chi connectivity index (χ2v) is 12.1. The second kappa shape index (κ2) is 11.9. The van der Waals surface area contributed by atoms with Crippen molar-refractivity contribution in [1.29, 1.82) is 0 Å². The third-order valence-electron chi connectivity index (χ3n) is 5.43. The minimum Gasteiger partial charge on any atom is -0.445 e. The van der Waals surface area contributed by atoms with E-state index in [-0.39, 0.29) is 18.7 Å². The molecule has 0 aliphatic carbocycles. The molecule has 1 amide bonds. The van der Waals surface area contributed by atoms with Crippen LogP contribution in [0.15, 0.2) is 30.3 Å². The zero-order chi connectivity index (χ0) is 23.8. The summed E-state index contributed by atoms with van der Waals surface area (Å²) in [6.07, 6.45) is 4.76. The Bertz CT molecular complexity index is 924. The van der Waals surface area contributed by atoms with Gasteiger partial charge in [0.15, 0.2) is 0 Å². The fourth-order valence-corrected chi connectivity index (χ4v) is 5.22. The number of piperidine rings is 2. The van der Waals surface area contributed by atoms with Crippen LogP contribution in [0.25, 0.3) is 0 Å². The molecule has 2 aliphatic rings. The van der Waals surface area contributed by atoms with Crippen molar-refractivity contribution in [3.63, 3.8) is 0 Å². The van der Waals surface area contributed by atoms with Crippen LogP contribution in [0, 0.1) is 0 Å². The Hall–Kier alpha value is -1.73. The van der Waals surface area contributed by atoms with Crippen LogP contribution in [-0.4, -0.2) is 82.3 Å². The maximum Gasteiger partial charge on any atom is 0.407 e. The number of hydrogen-bond donors (Lipinski definition) is 2. The summed E-state index contributed by atoms with van der Waals surface area (Å²) in [4.78, 5) is 11.7. The standard InChI is InChI=1S/C14H20N2O4S.C6H14N2O2S/c1-21(18,19)16-9-7-13(8-10-16)15-14(17)20-11-12-5-3-2-4-6-12;1-11(9,10)8-4-2-6(7)3-5-8/h2-6,13H,7-11H2,1H3,(H,15,17);6H,2-5,7H2,1H3. The van der Waals surface area contributed by atoms with Gasteiger partial charge in [-0.2, -0.15) is 0 Å². The molecule has 2 fully saturated rings. The fourth-order valence-electron chi connectivity index (χ4n) is 3.47. The van der Waals surface area contributed by atoms with Crippen LogP contribution in [-0.2, 0) is 31.4 Å². The van der Waals surface area contributed by atoms with Crippen molar-refractivity contribution in [3.05, 3.63) is 35.9 Å². The zero-order valence-electron chi connectivity index (χ0n) is 18.6. The van der Waals surface area contributed by atoms with Crippen LogP contribution in [0.5, 0.6) is 0 Å². The maximum absolute atomic E-state index is 11.7. The first-order chi connectivity index (χ1) is 14.9. The lowest BCUT2D eigenvalue weighted by Crippen LogP contribution is -2.46. The SMILES string of the molecule is CS(=O)(=O)N1CCC(N)CC1.CS(=O)(=O)N1CCC(NC(=O)OCc2ccccc2)CC1. The van der Waals surface area contributed by atoms with Gasteiger partial charge in [-0.05, 0) is 31.2 Å². The number of benzene rings is 1. The number of hydrogen-bond acceptors (Lipinski definition) is 7. The van der Waals surface area contributed by atoms with E-state index in [1.54, 1.807) is 0 Å². The van der Waals surface area contributed by atoms with Crippen molar-refractivity contribution in [1.82, 2.24) is 13.9 Å². The molecule has 0 radical (unpaired) electrons. The fraction of sp³-hybridized carbons (Fsp3) is 0.650. The first-order valence-electron chi connectivity index (χ1n) is 10.6. The number of sulfonamides is 2. The first-order valence-corrected chi connectivity index (χ1v) is 14.3. The molecular formula is C20H34N4O6S2. The van der Waals surface area contributed by atoms with Gasteiger partial charge in [0, 0.05) is 38.3 Å². The minimum atomic E-state index is -3.13. The minimum absolute atomic E-state index is 0.0359. The second-order valence-electron chi connectivity index (χ2n) is 8.14. The van der Waals surface area contributed by atoms with E-state index in [1.807, 2.05) is 30.3 Å². The van der Waals surface area contributed by atoms with Crippen molar-refractivity contribution in [3.8, 4) is 0 Å². The molecule has 0 aromatic heterocycles. The largest absolute Gasteiger partial charge is 0.445 e. The summed E-state index contributed by atoms with van der Waals surface area (Å²) < 4.78 is 52.8. The Labute approximate surface area is 191 Å². The number of carbonyl (C=O) groups is 1. The normalized spacial score (nSPS) is 19.6. The lowest BCUT2D eigenvalue weighted by atomic mass is 10.1. The number of ether oxygens (including phenoxy) is 1. The van der Waals surface area contributed by atoms with Gasteiger partial charge in [0.05, 0.1) is 12.5 Å². The highest BCUT2D eigenvalue weighted by molar-refractivity contribution is 7.88. The van der Waals surface area contributed by atoms with E-state index in [0.717, 1.165) is 18.4 Å². The van der Waals surface area contributed by atoms with E-state index in [1.165, 1.54) is 21.1 Å². The summed E-state index contributed by atoms with van der Waals surface area (Å²) in [5.74, 6) is 0. The molecule has 0 atom stereocenters. The van der Waals surface area contributed by atoms with Crippen LogP contribution in [0.1, 0.15) is 31.2 Å². The topological polar surface area (TPSA) is 139 Å². The van der Waals surface area contributed by atoms with E-state index in [4.69, 9.17) is 10.5 Å². The number of rotatable bonds is 5. The molecule has 2 aliphatic heterocycles. The molecule has 2 heterocycles. The molecule has 0 spiro atoms. The number of nitrogens with one attached hydrogen (secondary N) is 1. The highest BCUT2D eigenvalue weighted by Crippen LogP contribution is 2.13. The third kappa shape index (κ3) is 9.41. The summed E-state index contributed by atoms with van der Waals surface area (Å²) >= 11 is 0. The van der Waals surface area contributed by atoms with Crippen molar-refractivity contribution < 1.29 is 26.4 Å². The lowest BCUT2D eigenvalue weighted by Gasteiger charge is -2.30. The molecule has 3 N–H and O–H groups in total. The maximum atomic E-state index is 11.7. The highest BCUT2D eigenvalue weighted by atomic mass is 32.2. The van der Waals surface area contributed by atoms with Gasteiger partial charge in [0.25, 0.3) is 0 Å².